The molecule has 4 nitrogen and oxygen atoms in total. The van der Waals surface area contributed by atoms with Crippen LogP contribution in [0.4, 0.5) is 10.1 Å². The van der Waals surface area contributed by atoms with Crippen molar-refractivity contribution in [3.05, 3.63) is 66.0 Å². The minimum absolute atomic E-state index is 0.201. The Kier molecular flexibility index (Phi) is 7.85. The lowest BCUT2D eigenvalue weighted by atomic mass is 10.2. The Bertz CT molecular complexity index is 721. The third kappa shape index (κ3) is 6.34. The van der Waals surface area contributed by atoms with Gasteiger partial charge in [0.15, 0.2) is 0 Å². The van der Waals surface area contributed by atoms with E-state index in [4.69, 9.17) is 4.74 Å². The smallest absolute Gasteiger partial charge is 0.222 e. The van der Waals surface area contributed by atoms with Crippen LogP contribution in [0.25, 0.3) is 0 Å². The predicted octanol–water partition coefficient (Wildman–Crippen LogP) is 3.90. The van der Waals surface area contributed by atoms with Crippen LogP contribution in [0.15, 0.2) is 54.6 Å². The molecule has 0 saturated carbocycles. The standard InChI is InChI=1S/C23H29FN2O2/c24-21-9-11-22(12-10-21)25-14-5-15-26(17-16-25)23(27)8-4-18-28-19-13-20-6-2-1-3-7-20/h1-3,6-7,9-12H,4-5,8,13-19H2. The third-order valence-corrected chi connectivity index (χ3v) is 5.10. The van der Waals surface area contributed by atoms with Crippen molar-refractivity contribution < 1.29 is 13.9 Å². The number of hydrogen-bond acceptors (Lipinski definition) is 3. The summed E-state index contributed by atoms with van der Waals surface area (Å²) in [6.07, 6.45) is 3.12. The van der Waals surface area contributed by atoms with Crippen LogP contribution in [0.3, 0.4) is 0 Å². The molecule has 1 saturated heterocycles. The van der Waals surface area contributed by atoms with E-state index in [0.29, 0.717) is 26.2 Å². The van der Waals surface area contributed by atoms with Crippen molar-refractivity contribution in [1.29, 1.82) is 0 Å². The summed E-state index contributed by atoms with van der Waals surface area (Å²) in [7, 11) is 0. The highest BCUT2D eigenvalue weighted by molar-refractivity contribution is 5.76. The number of ether oxygens (including phenoxy) is 1. The molecule has 3 rings (SSSR count). The number of halogens is 1. The Morgan fingerprint density at radius 3 is 2.50 bits per heavy atom. The summed E-state index contributed by atoms with van der Waals surface area (Å²) in [6.45, 7) is 4.47. The Labute approximate surface area is 166 Å². The first kappa shape index (κ1) is 20.3. The number of carbonyl (C=O) groups is 1. The molecule has 150 valence electrons. The second kappa shape index (κ2) is 10.8. The Morgan fingerprint density at radius 2 is 1.71 bits per heavy atom. The van der Waals surface area contributed by atoms with Gasteiger partial charge in [0.25, 0.3) is 0 Å². The zero-order valence-corrected chi connectivity index (χ0v) is 16.4. The second-order valence-electron chi connectivity index (χ2n) is 7.15. The quantitative estimate of drug-likeness (QED) is 0.647. The summed E-state index contributed by atoms with van der Waals surface area (Å²) in [4.78, 5) is 16.7. The molecule has 1 aliphatic heterocycles. The van der Waals surface area contributed by atoms with Gasteiger partial charge in [-0.05, 0) is 49.1 Å². The molecular weight excluding hydrogens is 355 g/mol. The summed E-state index contributed by atoms with van der Waals surface area (Å²) >= 11 is 0. The van der Waals surface area contributed by atoms with Gasteiger partial charge in [-0.25, -0.2) is 4.39 Å². The van der Waals surface area contributed by atoms with E-state index >= 15 is 0 Å². The van der Waals surface area contributed by atoms with Gasteiger partial charge in [0, 0.05) is 44.9 Å². The van der Waals surface area contributed by atoms with Gasteiger partial charge < -0.3 is 14.5 Å². The number of nitrogens with zero attached hydrogens (tertiary/aromatic N) is 2. The number of rotatable bonds is 8. The van der Waals surface area contributed by atoms with E-state index in [-0.39, 0.29) is 11.7 Å². The van der Waals surface area contributed by atoms with E-state index in [1.165, 1.54) is 17.7 Å². The largest absolute Gasteiger partial charge is 0.381 e. The maximum Gasteiger partial charge on any atom is 0.222 e. The highest BCUT2D eigenvalue weighted by atomic mass is 19.1. The summed E-state index contributed by atoms with van der Waals surface area (Å²) in [5.41, 5.74) is 2.29. The lowest BCUT2D eigenvalue weighted by molar-refractivity contribution is -0.131. The first-order chi connectivity index (χ1) is 13.7. The molecule has 0 aromatic heterocycles. The van der Waals surface area contributed by atoms with Crippen molar-refractivity contribution in [2.24, 2.45) is 0 Å². The van der Waals surface area contributed by atoms with Gasteiger partial charge in [-0.3, -0.25) is 4.79 Å². The maximum atomic E-state index is 13.1. The summed E-state index contributed by atoms with van der Waals surface area (Å²) in [5, 5.41) is 0. The van der Waals surface area contributed by atoms with E-state index in [1.807, 2.05) is 23.1 Å². The van der Waals surface area contributed by atoms with Crippen LogP contribution in [0.2, 0.25) is 0 Å². The zero-order chi connectivity index (χ0) is 19.6. The van der Waals surface area contributed by atoms with Crippen LogP contribution in [0, 0.1) is 5.82 Å². The Morgan fingerprint density at radius 1 is 0.929 bits per heavy atom. The Hall–Kier alpha value is -2.40. The van der Waals surface area contributed by atoms with Gasteiger partial charge in [-0.1, -0.05) is 30.3 Å². The molecule has 1 amide bonds. The van der Waals surface area contributed by atoms with E-state index < -0.39 is 0 Å². The minimum Gasteiger partial charge on any atom is -0.381 e. The van der Waals surface area contributed by atoms with E-state index in [1.54, 1.807) is 12.1 Å². The fourth-order valence-corrected chi connectivity index (χ4v) is 3.50. The van der Waals surface area contributed by atoms with Crippen LogP contribution < -0.4 is 4.90 Å². The van der Waals surface area contributed by atoms with E-state index in [2.05, 4.69) is 17.0 Å². The number of anilines is 1. The molecule has 0 bridgehead atoms. The SMILES string of the molecule is O=C(CCCOCCc1ccccc1)N1CCCN(c2ccc(F)cc2)CC1. The van der Waals surface area contributed by atoms with Crippen LogP contribution in [0.1, 0.15) is 24.8 Å². The summed E-state index contributed by atoms with van der Waals surface area (Å²) < 4.78 is 18.8. The van der Waals surface area contributed by atoms with Crippen molar-refractivity contribution in [3.63, 3.8) is 0 Å². The molecule has 0 spiro atoms. The molecule has 0 aliphatic carbocycles. The predicted molar refractivity (Wildman–Crippen MR) is 110 cm³/mol. The third-order valence-electron chi connectivity index (χ3n) is 5.10. The van der Waals surface area contributed by atoms with Gasteiger partial charge in [-0.2, -0.15) is 0 Å². The van der Waals surface area contributed by atoms with E-state index in [9.17, 15) is 9.18 Å². The van der Waals surface area contributed by atoms with Gasteiger partial charge in [-0.15, -0.1) is 0 Å². The molecule has 1 aliphatic rings. The van der Waals surface area contributed by atoms with Crippen molar-refractivity contribution in [3.8, 4) is 0 Å². The zero-order valence-electron chi connectivity index (χ0n) is 16.4. The molecule has 0 N–H and O–H groups in total. The summed E-state index contributed by atoms with van der Waals surface area (Å²) in [5.74, 6) is -0.0195. The van der Waals surface area contributed by atoms with Gasteiger partial charge in [0.2, 0.25) is 5.91 Å². The molecule has 1 fully saturated rings. The lowest BCUT2D eigenvalue weighted by Gasteiger charge is -2.23. The fourth-order valence-electron chi connectivity index (χ4n) is 3.50. The molecule has 5 heteroatoms. The topological polar surface area (TPSA) is 32.8 Å². The number of hydrogen-bond donors (Lipinski definition) is 0. The monoisotopic (exact) mass is 384 g/mol. The van der Waals surface area contributed by atoms with Gasteiger partial charge in [0.05, 0.1) is 6.61 Å². The highest BCUT2D eigenvalue weighted by Gasteiger charge is 2.19. The van der Waals surface area contributed by atoms with Crippen LogP contribution in [-0.2, 0) is 16.0 Å². The number of amides is 1. The van der Waals surface area contributed by atoms with Crippen LogP contribution in [-0.4, -0.2) is 50.2 Å². The van der Waals surface area contributed by atoms with Gasteiger partial charge in [0.1, 0.15) is 5.82 Å². The molecule has 28 heavy (non-hydrogen) atoms. The minimum atomic E-state index is -0.221. The molecule has 2 aromatic carbocycles. The molecular formula is C23H29FN2O2. The highest BCUT2D eigenvalue weighted by Crippen LogP contribution is 2.17. The molecule has 0 atom stereocenters. The van der Waals surface area contributed by atoms with Crippen molar-refractivity contribution >= 4 is 11.6 Å². The molecule has 2 aromatic rings. The number of benzene rings is 2. The van der Waals surface area contributed by atoms with Gasteiger partial charge >= 0.3 is 0 Å². The van der Waals surface area contributed by atoms with E-state index in [0.717, 1.165) is 44.6 Å². The average Bonchev–Trinajstić information content (AvgIpc) is 2.98. The summed E-state index contributed by atoms with van der Waals surface area (Å²) in [6, 6.07) is 16.9. The van der Waals surface area contributed by atoms with Crippen LogP contribution in [0.5, 0.6) is 0 Å². The Balaban J connectivity index is 1.33. The average molecular weight is 384 g/mol. The molecule has 1 heterocycles. The van der Waals surface area contributed by atoms with Crippen LogP contribution >= 0.6 is 0 Å². The first-order valence-electron chi connectivity index (χ1n) is 10.1. The molecule has 0 unspecified atom stereocenters. The van der Waals surface area contributed by atoms with Crippen molar-refractivity contribution in [2.75, 3.05) is 44.3 Å². The fraction of sp³-hybridized carbons (Fsp3) is 0.435. The number of carbonyl (C=O) groups excluding carboxylic acids is 1. The first-order valence-corrected chi connectivity index (χ1v) is 10.1. The second-order valence-corrected chi connectivity index (χ2v) is 7.15. The lowest BCUT2D eigenvalue weighted by Crippen LogP contribution is -2.35. The molecule has 0 radical (unpaired) electrons. The normalized spacial score (nSPS) is 14.8. The van der Waals surface area contributed by atoms with Crippen molar-refractivity contribution in [1.82, 2.24) is 4.90 Å². The van der Waals surface area contributed by atoms with Crippen molar-refractivity contribution in [2.45, 2.75) is 25.7 Å². The maximum absolute atomic E-state index is 13.1.